The van der Waals surface area contributed by atoms with Gasteiger partial charge in [-0.2, -0.15) is 0 Å². The minimum atomic E-state index is 1.00. The van der Waals surface area contributed by atoms with Crippen molar-refractivity contribution in [3.05, 3.63) is 0 Å². The van der Waals surface area contributed by atoms with Crippen LogP contribution in [0.15, 0.2) is 0 Å². The van der Waals surface area contributed by atoms with Gasteiger partial charge in [-0.3, -0.25) is 0 Å². The molecule has 0 rings (SSSR count). The molecule has 1 N–H and O–H groups in total. The van der Waals surface area contributed by atoms with Crippen molar-refractivity contribution >= 4 is 13.8 Å². The third-order valence-corrected chi connectivity index (χ3v) is 0.149. The Kier molecular flexibility index (Phi) is 2.88. The Morgan fingerprint density at radius 1 is 1.75 bits per heavy atom. The summed E-state index contributed by atoms with van der Waals surface area (Å²) in [7, 11) is 1.00. The summed E-state index contributed by atoms with van der Waals surface area (Å²) in [5, 5.41) is 7.69. The molecule has 0 aromatic rings. The molecular formula is CH4B2O. The normalized spacial score (nSPS) is 5.25. The Morgan fingerprint density at radius 2 is 2.00 bits per heavy atom. The van der Waals surface area contributed by atoms with Crippen LogP contribution in [0.5, 0.6) is 0 Å². The number of hydrogen-bond donors (Lipinski definition) is 1. The molecule has 0 bridgehead atoms. The van der Waals surface area contributed by atoms with Crippen molar-refractivity contribution in [1.82, 2.24) is 0 Å². The Labute approximate surface area is 26.8 Å². The molecule has 20 valence electrons. The van der Waals surface area contributed by atoms with E-state index in [0.29, 0.717) is 0 Å². The topological polar surface area (TPSA) is 20.2 Å². The summed E-state index contributed by atoms with van der Waals surface area (Å²) in [6.45, 7) is 3.31. The van der Waals surface area contributed by atoms with E-state index in [-0.39, 0.29) is 0 Å². The average Bonchev–Trinajstić information content (AvgIpc) is 1.37. The van der Waals surface area contributed by atoms with Gasteiger partial charge < -0.3 is 0 Å². The molecule has 0 unspecified atom stereocenters. The minimum absolute atomic E-state index is 1.00. The fourth-order valence-corrected chi connectivity index (χ4v) is 0. The second-order valence-corrected chi connectivity index (χ2v) is 0.482. The summed E-state index contributed by atoms with van der Waals surface area (Å²) in [6, 6.07) is 0. The van der Waals surface area contributed by atoms with E-state index in [4.69, 9.17) is 5.02 Å². The molecule has 0 aromatic carbocycles. The molecule has 0 spiro atoms. The Balaban J connectivity index is 2.55. The Morgan fingerprint density at radius 3 is 2.00 bits per heavy atom. The van der Waals surface area contributed by atoms with Crippen LogP contribution in [-0.4, -0.2) is 18.8 Å². The van der Waals surface area contributed by atoms with Crippen molar-refractivity contribution in [2.24, 2.45) is 0 Å². The van der Waals surface area contributed by atoms with Gasteiger partial charge in [-0.05, 0) is 0 Å². The van der Waals surface area contributed by atoms with Gasteiger partial charge in [-0.1, -0.05) is 0 Å². The van der Waals surface area contributed by atoms with Crippen LogP contribution >= 0.6 is 0 Å². The number of rotatable bonds is 0. The predicted molar refractivity (Wildman–Crippen MR) is 19.6 cm³/mol. The summed E-state index contributed by atoms with van der Waals surface area (Å²) in [5.74, 6) is 0. The third-order valence-electron chi connectivity index (χ3n) is 0.149. The van der Waals surface area contributed by atoms with E-state index in [0.717, 1.165) is 7.00 Å². The van der Waals surface area contributed by atoms with Gasteiger partial charge in [0, 0.05) is 0 Å². The molecule has 0 saturated heterocycles. The van der Waals surface area contributed by atoms with Crippen LogP contribution in [-0.2, 0) is 0 Å². The Bertz CT molecular complexity index is 21.2. The fraction of sp³-hybridized carbons (Fsp3) is 1.00. The zero-order chi connectivity index (χ0) is 3.41. The summed E-state index contributed by atoms with van der Waals surface area (Å²) in [4.78, 5) is 0. The quantitative estimate of drug-likeness (QED) is 0.361. The molecule has 0 fully saturated rings. The fourth-order valence-electron chi connectivity index (χ4n) is 0. The van der Waals surface area contributed by atoms with Crippen LogP contribution in [0.1, 0.15) is 0 Å². The molecule has 0 aliphatic heterocycles. The van der Waals surface area contributed by atoms with Crippen molar-refractivity contribution in [1.29, 1.82) is 0 Å². The van der Waals surface area contributed by atoms with Crippen LogP contribution in [0, 0.1) is 0 Å². The monoisotopic (exact) mass is 54.0 g/mol. The van der Waals surface area contributed by atoms with E-state index in [1.54, 1.807) is 13.6 Å². The molecule has 0 aliphatic rings. The summed E-state index contributed by atoms with van der Waals surface area (Å²) >= 11 is 0. The van der Waals surface area contributed by atoms with Gasteiger partial charge >= 0.3 is 25.7 Å². The maximum absolute atomic E-state index is 7.69. The third kappa shape index (κ3) is 1.93. The molecular weight excluding hydrogens is 49.6 g/mol. The molecule has 1 nitrogen and oxygen atoms in total. The Hall–Kier alpha value is -0.0701. The number of hydrogen-bond acceptors (Lipinski definition) is 1. The van der Waals surface area contributed by atoms with Gasteiger partial charge in [0.1, 0.15) is 0 Å². The zero-order valence-corrected chi connectivity index (χ0v) is 2.60. The van der Waals surface area contributed by atoms with E-state index in [1.807, 2.05) is 0 Å². The molecule has 3 heteroatoms. The van der Waals surface area contributed by atoms with Crippen LogP contribution in [0.25, 0.3) is 0 Å². The van der Waals surface area contributed by atoms with Gasteiger partial charge in [0.2, 0.25) is 0 Å². The van der Waals surface area contributed by atoms with Crippen molar-refractivity contribution in [3.8, 4) is 0 Å². The van der Waals surface area contributed by atoms with Gasteiger partial charge in [0.05, 0.1) is 0 Å². The van der Waals surface area contributed by atoms with Crippen LogP contribution < -0.4 is 0 Å². The van der Waals surface area contributed by atoms with Gasteiger partial charge in [0.25, 0.3) is 0 Å². The molecule has 0 saturated carbocycles. The standard InChI is InChI=1S/CH4B2O/c1-2-3-4/h4H,1H3. The molecule has 0 amide bonds. The van der Waals surface area contributed by atoms with Crippen LogP contribution in [0.3, 0.4) is 0 Å². The van der Waals surface area contributed by atoms with Gasteiger partial charge in [-0.25, -0.2) is 0 Å². The van der Waals surface area contributed by atoms with Crippen molar-refractivity contribution in [2.75, 3.05) is 0 Å². The summed E-state index contributed by atoms with van der Waals surface area (Å²) < 4.78 is 0. The van der Waals surface area contributed by atoms with E-state index in [2.05, 4.69) is 0 Å². The first-order valence-electron chi connectivity index (χ1n) is 1.17. The van der Waals surface area contributed by atoms with E-state index >= 15 is 0 Å². The van der Waals surface area contributed by atoms with Crippen molar-refractivity contribution < 1.29 is 5.02 Å². The molecule has 0 radical (unpaired) electrons. The first-order chi connectivity index (χ1) is 1.91. The first-order valence-corrected chi connectivity index (χ1v) is 1.17. The maximum atomic E-state index is 7.69. The van der Waals surface area contributed by atoms with Crippen molar-refractivity contribution in [2.45, 2.75) is 6.82 Å². The van der Waals surface area contributed by atoms with E-state index < -0.39 is 0 Å². The SMILES string of the molecule is CB=BO. The second kappa shape index (κ2) is 2.93. The first kappa shape index (κ1) is 3.93. The second-order valence-electron chi connectivity index (χ2n) is 0.482. The van der Waals surface area contributed by atoms with Crippen LogP contribution in [0.2, 0.25) is 6.82 Å². The molecule has 0 aromatic heterocycles. The van der Waals surface area contributed by atoms with Gasteiger partial charge in [-0.15, -0.1) is 0 Å². The molecule has 0 heterocycles. The van der Waals surface area contributed by atoms with E-state index in [9.17, 15) is 0 Å². The summed E-state index contributed by atoms with van der Waals surface area (Å²) in [6.07, 6.45) is 0. The zero-order valence-electron chi connectivity index (χ0n) is 2.60. The predicted octanol–water partition coefficient (Wildman–Crippen LogP) is -0.735. The van der Waals surface area contributed by atoms with E-state index in [1.165, 1.54) is 0 Å². The average molecular weight is 53.7 g/mol. The van der Waals surface area contributed by atoms with Gasteiger partial charge in [0.15, 0.2) is 0 Å². The van der Waals surface area contributed by atoms with Crippen LogP contribution in [0.4, 0.5) is 0 Å². The molecule has 0 aliphatic carbocycles. The summed E-state index contributed by atoms with van der Waals surface area (Å²) in [5.41, 5.74) is 0. The molecule has 0 atom stereocenters. The molecule has 4 heavy (non-hydrogen) atoms. The van der Waals surface area contributed by atoms with Crippen molar-refractivity contribution in [3.63, 3.8) is 0 Å².